The van der Waals surface area contributed by atoms with Gasteiger partial charge in [-0.15, -0.1) is 0 Å². The first-order valence-electron chi connectivity index (χ1n) is 19.3. The van der Waals surface area contributed by atoms with Crippen molar-refractivity contribution in [3.05, 3.63) is 22.7 Å². The zero-order valence-corrected chi connectivity index (χ0v) is 37.1. The molecule has 0 aliphatic carbocycles. The minimum Gasteiger partial charge on any atom is -0.467 e. The monoisotopic (exact) mass is 934 g/mol. The molecular weight excluding hydrogens is 883 g/mol. The molecule has 2 saturated heterocycles. The van der Waals surface area contributed by atoms with Gasteiger partial charge in [0.05, 0.1) is 25.9 Å². The summed E-state index contributed by atoms with van der Waals surface area (Å²) in [5, 5.41) is 4.83. The van der Waals surface area contributed by atoms with Gasteiger partial charge in [-0.25, -0.2) is 9.59 Å². The van der Waals surface area contributed by atoms with Gasteiger partial charge in [0.15, 0.2) is 36.2 Å². The van der Waals surface area contributed by atoms with Crippen molar-refractivity contribution < 1.29 is 99.8 Å². The van der Waals surface area contributed by atoms with E-state index >= 15 is 0 Å². The Balaban J connectivity index is 2.06. The molecule has 0 radical (unpaired) electrons. The summed E-state index contributed by atoms with van der Waals surface area (Å²) in [6.07, 6.45) is -14.5. The molecule has 2 aliphatic heterocycles. The molecule has 2 amide bonds. The average Bonchev–Trinajstić information content (AvgIpc) is 3.48. The Labute approximate surface area is 364 Å². The quantitative estimate of drug-likeness (QED) is 0.0861. The fourth-order valence-corrected chi connectivity index (χ4v) is 8.09. The molecule has 27 heteroatoms. The van der Waals surface area contributed by atoms with Gasteiger partial charge >= 0.3 is 55.1 Å². The van der Waals surface area contributed by atoms with Gasteiger partial charge < -0.3 is 62.7 Å². The Morgan fingerprint density at radius 1 is 0.875 bits per heavy atom. The van der Waals surface area contributed by atoms with Gasteiger partial charge in [-0.1, -0.05) is 0 Å². The minimum absolute atomic E-state index is 0.135. The van der Waals surface area contributed by atoms with E-state index in [9.17, 15) is 57.4 Å². The second-order valence-electron chi connectivity index (χ2n) is 14.5. The van der Waals surface area contributed by atoms with E-state index in [1.807, 2.05) is 0 Å². The maximum Gasteiger partial charge on any atom is 0.351 e. The van der Waals surface area contributed by atoms with Crippen molar-refractivity contribution in [1.82, 2.24) is 14.9 Å². The van der Waals surface area contributed by atoms with E-state index in [-0.39, 0.29) is 5.82 Å². The minimum atomic E-state index is -4.97. The van der Waals surface area contributed by atoms with E-state index in [4.69, 9.17) is 47.2 Å². The molecule has 356 valence electrons. The maximum atomic E-state index is 13.9. The second kappa shape index (κ2) is 22.7. The van der Waals surface area contributed by atoms with Crippen LogP contribution in [0.15, 0.2) is 17.1 Å². The highest BCUT2D eigenvalue weighted by Gasteiger charge is 2.59. The molecule has 1 aromatic heterocycles. The molecule has 2 aliphatic rings. The van der Waals surface area contributed by atoms with Crippen LogP contribution in [0.25, 0.3) is 0 Å². The second-order valence-corrected chi connectivity index (χ2v) is 16.5. The molecule has 0 bridgehead atoms. The third kappa shape index (κ3) is 14.9. The summed E-state index contributed by atoms with van der Waals surface area (Å²) < 4.78 is 69.5. The summed E-state index contributed by atoms with van der Waals surface area (Å²) in [5.41, 5.74) is -3.43. The smallest absolute Gasteiger partial charge is 0.351 e. The number of carbonyl (C=O) groups excluding carboxylic acids is 9. The predicted octanol–water partition coefficient (Wildman–Crippen LogP) is -0.882. The van der Waals surface area contributed by atoms with Crippen LogP contribution < -0.4 is 16.3 Å². The van der Waals surface area contributed by atoms with Crippen LogP contribution in [0.5, 0.6) is 0 Å². The molecular formula is C37H51N4O22P. The van der Waals surface area contributed by atoms with Gasteiger partial charge in [-0.05, 0) is 12.5 Å². The zero-order chi connectivity index (χ0) is 48.3. The Morgan fingerprint density at radius 2 is 1.48 bits per heavy atom. The number of amides is 2. The van der Waals surface area contributed by atoms with Crippen molar-refractivity contribution in [1.29, 1.82) is 0 Å². The molecule has 0 aromatic carbocycles. The standard InChI is InChI=1S/C37H51N4O22P/c1-17(42)38-28-10-12-41(36(51)40-28)34-33(61-24(8)49)31(60-23(7)48)27(62-34)16-56-64(52,53)13-11-37(35(50)54-9)14-25(57-20(4)45)29(39-18(2)43)32(63-37)30(59-22(6)47)26(58-21(5)46)15-55-19(3)44/h10,12,25-27,29-34H,11,13-16H2,1-9H3,(H,39,43)(H,52,53)(H,38,40,42,51)/t25-,26+,27+,29+,30+,31+,32+,33+,34+,37-/m0/s1. The first-order chi connectivity index (χ1) is 29.8. The van der Waals surface area contributed by atoms with Crippen LogP contribution in [0, 0.1) is 0 Å². The lowest BCUT2D eigenvalue weighted by Gasteiger charge is -2.49. The molecule has 0 saturated carbocycles. The van der Waals surface area contributed by atoms with Gasteiger partial charge in [0.25, 0.3) is 0 Å². The van der Waals surface area contributed by atoms with Crippen molar-refractivity contribution in [2.24, 2.45) is 0 Å². The van der Waals surface area contributed by atoms with Crippen LogP contribution in [0.3, 0.4) is 0 Å². The van der Waals surface area contributed by atoms with Crippen LogP contribution >= 0.6 is 7.60 Å². The fourth-order valence-electron chi connectivity index (χ4n) is 6.94. The molecule has 26 nitrogen and oxygen atoms in total. The van der Waals surface area contributed by atoms with E-state index in [1.54, 1.807) is 0 Å². The number of anilines is 1. The van der Waals surface area contributed by atoms with Gasteiger partial charge in [-0.3, -0.25) is 47.5 Å². The van der Waals surface area contributed by atoms with Gasteiger partial charge in [0, 0.05) is 68.0 Å². The van der Waals surface area contributed by atoms with Crippen molar-refractivity contribution in [3.8, 4) is 0 Å². The molecule has 11 atom stereocenters. The van der Waals surface area contributed by atoms with Gasteiger partial charge in [-0.2, -0.15) is 4.98 Å². The summed E-state index contributed by atoms with van der Waals surface area (Å²) in [4.78, 5) is 139. The average molecular weight is 935 g/mol. The van der Waals surface area contributed by atoms with E-state index in [2.05, 4.69) is 15.6 Å². The number of hydrogen-bond acceptors (Lipinski definition) is 22. The summed E-state index contributed by atoms with van der Waals surface area (Å²) in [6, 6.07) is -0.287. The molecule has 64 heavy (non-hydrogen) atoms. The maximum absolute atomic E-state index is 13.9. The SMILES string of the molecule is COC(=O)[C@]1(CCP(=O)(O)OC[C@H]2O[C@@H](n3ccc(NC(C)=O)nc3=O)[C@H](OC(C)=O)[C@@H]2OC(C)=O)C[C@H](OC(C)=O)[C@@H](NC(C)=O)[C@H]([C@H](OC(C)=O)[C@@H](COC(C)=O)OC(C)=O)O1. The summed E-state index contributed by atoms with van der Waals surface area (Å²) in [7, 11) is -4.04. The van der Waals surface area contributed by atoms with Crippen LogP contribution in [0.4, 0.5) is 5.82 Å². The number of rotatable bonds is 19. The van der Waals surface area contributed by atoms with Crippen LogP contribution in [-0.4, -0.2) is 149 Å². The predicted molar refractivity (Wildman–Crippen MR) is 208 cm³/mol. The number of aromatic nitrogens is 2. The number of esters is 7. The Hall–Kier alpha value is -5.82. The molecule has 3 N–H and O–H groups in total. The topological polar surface area (TPSA) is 342 Å². The molecule has 1 aromatic rings. The Morgan fingerprint density at radius 3 is 2.00 bits per heavy atom. The molecule has 2 fully saturated rings. The summed E-state index contributed by atoms with van der Waals surface area (Å²) in [5.74, 6) is -8.27. The Kier molecular flexibility index (Phi) is 18.6. The number of nitrogens with zero attached hydrogens (tertiary/aromatic N) is 2. The third-order valence-corrected chi connectivity index (χ3v) is 10.5. The largest absolute Gasteiger partial charge is 0.467 e. The van der Waals surface area contributed by atoms with E-state index in [1.165, 1.54) is 13.0 Å². The lowest BCUT2D eigenvalue weighted by atomic mass is 9.81. The molecule has 3 rings (SSSR count). The summed E-state index contributed by atoms with van der Waals surface area (Å²) >= 11 is 0. The van der Waals surface area contributed by atoms with Gasteiger partial charge in [0.2, 0.25) is 11.8 Å². The third-order valence-electron chi connectivity index (χ3n) is 9.19. The lowest BCUT2D eigenvalue weighted by molar-refractivity contribution is -0.242. The highest BCUT2D eigenvalue weighted by atomic mass is 31.2. The van der Waals surface area contributed by atoms with E-state index < -0.39 is 160 Å². The van der Waals surface area contributed by atoms with Crippen LogP contribution in [0.1, 0.15) is 74.5 Å². The lowest BCUT2D eigenvalue weighted by Crippen LogP contribution is -2.68. The zero-order valence-electron chi connectivity index (χ0n) is 36.2. The number of methoxy groups -OCH3 is 1. The van der Waals surface area contributed by atoms with Crippen molar-refractivity contribution >= 4 is 67.0 Å². The highest BCUT2D eigenvalue weighted by Crippen LogP contribution is 2.48. The van der Waals surface area contributed by atoms with Crippen molar-refractivity contribution in [2.45, 2.75) is 129 Å². The van der Waals surface area contributed by atoms with Crippen molar-refractivity contribution in [3.63, 3.8) is 0 Å². The van der Waals surface area contributed by atoms with Gasteiger partial charge in [0.1, 0.15) is 30.7 Å². The van der Waals surface area contributed by atoms with Crippen molar-refractivity contribution in [2.75, 3.05) is 31.8 Å². The number of nitrogens with one attached hydrogen (secondary N) is 2. The first-order valence-corrected chi connectivity index (χ1v) is 21.1. The molecule has 3 heterocycles. The fraction of sp³-hybridized carbons (Fsp3) is 0.649. The van der Waals surface area contributed by atoms with Crippen LogP contribution in [-0.2, 0) is 94.9 Å². The number of carbonyl (C=O) groups is 9. The van der Waals surface area contributed by atoms with E-state index in [0.717, 1.165) is 66.3 Å². The number of hydrogen-bond donors (Lipinski definition) is 3. The Bertz CT molecular complexity index is 2060. The van der Waals surface area contributed by atoms with E-state index in [0.29, 0.717) is 0 Å². The summed E-state index contributed by atoms with van der Waals surface area (Å²) in [6.45, 7) is 6.56. The number of ether oxygens (including phenoxy) is 9. The normalized spacial score (nSPS) is 25.8. The highest BCUT2D eigenvalue weighted by molar-refractivity contribution is 7.52. The first kappa shape index (κ1) is 52.5. The molecule has 0 spiro atoms. The van der Waals surface area contributed by atoms with Crippen LogP contribution in [0.2, 0.25) is 0 Å². The molecule has 1 unspecified atom stereocenters.